The molecule has 2 N–H and O–H groups in total. The Hall–Kier alpha value is -2.38. The number of anilines is 1. The number of likely N-dealkylation sites (N-methyl/N-ethyl adjacent to an activating group) is 1. The minimum absolute atomic E-state index is 0.0242. The first-order valence-corrected chi connectivity index (χ1v) is 7.29. The van der Waals surface area contributed by atoms with E-state index in [1.807, 2.05) is 18.2 Å². The zero-order chi connectivity index (χ0) is 16.8. The third-order valence-corrected chi connectivity index (χ3v) is 3.45. The second kappa shape index (κ2) is 7.75. The van der Waals surface area contributed by atoms with E-state index in [4.69, 9.17) is 16.7 Å². The summed E-state index contributed by atoms with van der Waals surface area (Å²) in [6.07, 6.45) is 1.58. The van der Waals surface area contributed by atoms with Crippen LogP contribution < -0.4 is 5.32 Å². The number of carbonyl (C=O) groups excluding carboxylic acids is 1. The summed E-state index contributed by atoms with van der Waals surface area (Å²) in [5, 5.41) is 16.2. The first-order chi connectivity index (χ1) is 11.0. The number of carbonyl (C=O) groups is 2. The Morgan fingerprint density at radius 3 is 2.74 bits per heavy atom. The number of carboxylic acid groups (broad SMARTS) is 1. The van der Waals surface area contributed by atoms with E-state index < -0.39 is 5.97 Å². The lowest BCUT2D eigenvalue weighted by Gasteiger charge is -2.14. The summed E-state index contributed by atoms with van der Waals surface area (Å²) >= 11 is 6.13. The van der Waals surface area contributed by atoms with Crippen LogP contribution in [0, 0.1) is 0 Å². The molecule has 0 saturated carbocycles. The van der Waals surface area contributed by atoms with Gasteiger partial charge in [-0.25, -0.2) is 4.68 Å². The lowest BCUT2D eigenvalue weighted by molar-refractivity contribution is -0.138. The molecule has 0 radical (unpaired) electrons. The number of benzene rings is 1. The molecule has 0 saturated heterocycles. The Balaban J connectivity index is 2.00. The predicted octanol–water partition coefficient (Wildman–Crippen LogP) is 1.54. The van der Waals surface area contributed by atoms with E-state index in [1.165, 1.54) is 4.90 Å². The van der Waals surface area contributed by atoms with Crippen LogP contribution in [0.1, 0.15) is 5.56 Å². The van der Waals surface area contributed by atoms with Gasteiger partial charge in [-0.3, -0.25) is 14.5 Å². The summed E-state index contributed by atoms with van der Waals surface area (Å²) in [4.78, 5) is 24.0. The van der Waals surface area contributed by atoms with E-state index in [9.17, 15) is 9.59 Å². The molecule has 122 valence electrons. The normalized spacial score (nSPS) is 10.7. The van der Waals surface area contributed by atoms with Crippen LogP contribution in [0.25, 0.3) is 0 Å². The number of hydrogen-bond acceptors (Lipinski definition) is 4. The van der Waals surface area contributed by atoms with Gasteiger partial charge in [0.2, 0.25) is 5.91 Å². The summed E-state index contributed by atoms with van der Waals surface area (Å²) in [6.45, 7) is 0.198. The van der Waals surface area contributed by atoms with Crippen molar-refractivity contribution in [3.63, 3.8) is 0 Å². The van der Waals surface area contributed by atoms with Crippen molar-refractivity contribution in [3.05, 3.63) is 47.1 Å². The molecule has 2 aromatic rings. The monoisotopic (exact) mass is 336 g/mol. The second-order valence-electron chi connectivity index (χ2n) is 5.08. The van der Waals surface area contributed by atoms with Gasteiger partial charge in [0, 0.05) is 11.1 Å². The third kappa shape index (κ3) is 5.08. The van der Waals surface area contributed by atoms with Crippen LogP contribution in [0.5, 0.6) is 0 Å². The highest BCUT2D eigenvalue weighted by atomic mass is 35.5. The fourth-order valence-electron chi connectivity index (χ4n) is 2.07. The fraction of sp³-hybridized carbons (Fsp3) is 0.267. The summed E-state index contributed by atoms with van der Waals surface area (Å²) in [7, 11) is 1.56. The summed E-state index contributed by atoms with van der Waals surface area (Å²) in [5.41, 5.74) is 0.886. The van der Waals surface area contributed by atoms with Gasteiger partial charge in [0.25, 0.3) is 0 Å². The molecule has 0 bridgehead atoms. The number of aliphatic carboxylic acids is 1. The SMILES string of the molecule is CN(CC(=O)O)CC(=O)Nc1ccnn1Cc1ccccc1Cl. The van der Waals surface area contributed by atoms with Gasteiger partial charge in [-0.1, -0.05) is 29.8 Å². The molecule has 8 heteroatoms. The van der Waals surface area contributed by atoms with E-state index in [-0.39, 0.29) is 19.0 Å². The van der Waals surface area contributed by atoms with Crippen molar-refractivity contribution in [1.82, 2.24) is 14.7 Å². The number of carboxylic acids is 1. The largest absolute Gasteiger partial charge is 0.480 e. The molecule has 2 rings (SSSR count). The summed E-state index contributed by atoms with van der Waals surface area (Å²) in [6, 6.07) is 9.07. The number of halogens is 1. The molecule has 0 unspecified atom stereocenters. The average Bonchev–Trinajstić information content (AvgIpc) is 2.87. The maximum absolute atomic E-state index is 12.0. The first-order valence-electron chi connectivity index (χ1n) is 6.91. The predicted molar refractivity (Wildman–Crippen MR) is 86.5 cm³/mol. The van der Waals surface area contributed by atoms with Gasteiger partial charge in [-0.2, -0.15) is 5.10 Å². The highest BCUT2D eigenvalue weighted by Gasteiger charge is 2.12. The van der Waals surface area contributed by atoms with Crippen molar-refractivity contribution < 1.29 is 14.7 Å². The molecule has 0 fully saturated rings. The molecule has 0 spiro atoms. The Bertz CT molecular complexity index is 702. The van der Waals surface area contributed by atoms with Crippen molar-refractivity contribution in [2.45, 2.75) is 6.54 Å². The van der Waals surface area contributed by atoms with Crippen LogP contribution >= 0.6 is 11.6 Å². The highest BCUT2D eigenvalue weighted by Crippen LogP contribution is 2.18. The number of aromatic nitrogens is 2. The van der Waals surface area contributed by atoms with Gasteiger partial charge < -0.3 is 10.4 Å². The molecule has 1 heterocycles. The van der Waals surface area contributed by atoms with Gasteiger partial charge in [-0.15, -0.1) is 0 Å². The van der Waals surface area contributed by atoms with Crippen molar-refractivity contribution in [2.75, 3.05) is 25.5 Å². The Morgan fingerprint density at radius 2 is 2.04 bits per heavy atom. The maximum Gasteiger partial charge on any atom is 0.317 e. The number of rotatable bonds is 7. The molecule has 1 amide bonds. The lowest BCUT2D eigenvalue weighted by atomic mass is 10.2. The molecule has 1 aromatic carbocycles. The topological polar surface area (TPSA) is 87.5 Å². The lowest BCUT2D eigenvalue weighted by Crippen LogP contribution is -2.34. The van der Waals surface area contributed by atoms with Gasteiger partial charge in [0.1, 0.15) is 5.82 Å². The smallest absolute Gasteiger partial charge is 0.317 e. The quantitative estimate of drug-likeness (QED) is 0.800. The molecule has 0 aliphatic carbocycles. The zero-order valence-corrected chi connectivity index (χ0v) is 13.3. The van der Waals surface area contributed by atoms with Crippen LogP contribution in [0.15, 0.2) is 36.5 Å². The maximum atomic E-state index is 12.0. The van der Waals surface area contributed by atoms with Crippen LogP contribution in [0.3, 0.4) is 0 Å². The van der Waals surface area contributed by atoms with Crippen LogP contribution in [-0.2, 0) is 16.1 Å². The van der Waals surface area contributed by atoms with Gasteiger partial charge in [0.15, 0.2) is 0 Å². The molecular weight excluding hydrogens is 320 g/mol. The number of hydrogen-bond donors (Lipinski definition) is 2. The van der Waals surface area contributed by atoms with Gasteiger partial charge in [0.05, 0.1) is 25.8 Å². The van der Waals surface area contributed by atoms with E-state index in [2.05, 4.69) is 10.4 Å². The zero-order valence-electron chi connectivity index (χ0n) is 12.6. The average molecular weight is 337 g/mol. The molecule has 0 atom stereocenters. The molecule has 0 aliphatic rings. The van der Waals surface area contributed by atoms with E-state index >= 15 is 0 Å². The van der Waals surface area contributed by atoms with Crippen LogP contribution in [-0.4, -0.2) is 51.8 Å². The molecular formula is C15H17ClN4O3. The van der Waals surface area contributed by atoms with Crippen LogP contribution in [0.2, 0.25) is 5.02 Å². The number of nitrogens with zero attached hydrogens (tertiary/aromatic N) is 3. The number of nitrogens with one attached hydrogen (secondary N) is 1. The molecule has 0 aliphatic heterocycles. The Labute approximate surface area is 138 Å². The highest BCUT2D eigenvalue weighted by molar-refractivity contribution is 6.31. The Kier molecular flexibility index (Phi) is 5.72. The van der Waals surface area contributed by atoms with Gasteiger partial charge >= 0.3 is 5.97 Å². The third-order valence-electron chi connectivity index (χ3n) is 3.08. The van der Waals surface area contributed by atoms with E-state index in [0.29, 0.717) is 17.4 Å². The van der Waals surface area contributed by atoms with Crippen molar-refractivity contribution in [3.8, 4) is 0 Å². The standard InChI is InChI=1S/C15H17ClN4O3/c1-19(10-15(22)23)9-14(21)18-13-6-7-17-20(13)8-11-4-2-3-5-12(11)16/h2-7H,8-10H2,1H3,(H,18,21)(H,22,23). The number of amides is 1. The van der Waals surface area contributed by atoms with Gasteiger partial charge in [-0.05, 0) is 18.7 Å². The van der Waals surface area contributed by atoms with E-state index in [0.717, 1.165) is 5.56 Å². The van der Waals surface area contributed by atoms with Crippen LogP contribution in [0.4, 0.5) is 5.82 Å². The first kappa shape index (κ1) is 17.0. The second-order valence-corrected chi connectivity index (χ2v) is 5.49. The van der Waals surface area contributed by atoms with E-state index in [1.54, 1.807) is 30.1 Å². The Morgan fingerprint density at radius 1 is 1.30 bits per heavy atom. The van der Waals surface area contributed by atoms with Crippen molar-refractivity contribution in [1.29, 1.82) is 0 Å². The minimum Gasteiger partial charge on any atom is -0.480 e. The molecule has 1 aromatic heterocycles. The summed E-state index contributed by atoms with van der Waals surface area (Å²) in [5.74, 6) is -0.766. The van der Waals surface area contributed by atoms with Crippen molar-refractivity contribution in [2.24, 2.45) is 0 Å². The molecule has 23 heavy (non-hydrogen) atoms. The molecule has 7 nitrogen and oxygen atoms in total. The van der Waals surface area contributed by atoms with Crippen molar-refractivity contribution >= 4 is 29.3 Å². The fourth-order valence-corrected chi connectivity index (χ4v) is 2.26. The minimum atomic E-state index is -0.982. The summed E-state index contributed by atoms with van der Waals surface area (Å²) < 4.78 is 1.62.